The first kappa shape index (κ1) is 30.7. The van der Waals surface area contributed by atoms with Crippen molar-refractivity contribution in [3.05, 3.63) is 92.6 Å². The number of ether oxygens (including phenoxy) is 1. The van der Waals surface area contributed by atoms with Gasteiger partial charge in [0.1, 0.15) is 6.33 Å². The number of nitrogens with zero attached hydrogens (tertiary/aromatic N) is 5. The summed E-state index contributed by atoms with van der Waals surface area (Å²) in [4.78, 5) is 33.1. The third kappa shape index (κ3) is 6.41. The van der Waals surface area contributed by atoms with Gasteiger partial charge in [0.2, 0.25) is 5.78 Å². The monoisotopic (exact) mass is 612 g/mol. The molecule has 2 aromatic carbocycles. The van der Waals surface area contributed by atoms with Crippen LogP contribution in [0, 0.1) is 0 Å². The van der Waals surface area contributed by atoms with Crippen LogP contribution in [0.5, 0.6) is 0 Å². The topological polar surface area (TPSA) is 141 Å². The van der Waals surface area contributed by atoms with Gasteiger partial charge in [0.15, 0.2) is 5.82 Å². The van der Waals surface area contributed by atoms with Crippen LogP contribution in [0.1, 0.15) is 82.2 Å². The van der Waals surface area contributed by atoms with Gasteiger partial charge in [0.25, 0.3) is 5.56 Å². The molecule has 0 spiro atoms. The van der Waals surface area contributed by atoms with Gasteiger partial charge < -0.3 is 9.84 Å². The Hall–Kier alpha value is -4.35. The lowest BCUT2D eigenvalue weighted by molar-refractivity contribution is -0.0756. The first-order chi connectivity index (χ1) is 21.8. The van der Waals surface area contributed by atoms with Gasteiger partial charge in [-0.25, -0.2) is 9.31 Å². The molecule has 0 radical (unpaired) electrons. The molecule has 3 heterocycles. The molecular formula is C34H40N6O5. The average Bonchev–Trinajstić information content (AvgIpc) is 3.72. The number of aromatic amines is 1. The maximum Gasteiger partial charge on any atom is 0.439 e. The van der Waals surface area contributed by atoms with Gasteiger partial charge in [0, 0.05) is 23.6 Å². The fourth-order valence-electron chi connectivity index (χ4n) is 6.24. The SMILES string of the molecule is CCCc1c(Cc2ccc(-c3ccccc3-c3noc(=O)[nH]3)cc2)c(=O)n(C2CCC(OCC(C)(O)CC)CC2)c2ncnn12. The van der Waals surface area contributed by atoms with E-state index in [-0.39, 0.29) is 17.7 Å². The van der Waals surface area contributed by atoms with Gasteiger partial charge in [-0.15, -0.1) is 0 Å². The largest absolute Gasteiger partial charge is 0.439 e. The second-order valence-electron chi connectivity index (χ2n) is 12.3. The second kappa shape index (κ2) is 12.9. The standard InChI is InChI=1S/C34H40N6O5/c1-4-8-29-28(19-22-11-13-23(14-12-22)26-9-6-7-10-27(26)30-37-33(42)45-38-30)31(41)39(32-35-21-36-40(29)32)24-15-17-25(18-16-24)44-20-34(3,43)5-2/h6-7,9-14,21,24-25,43H,4-5,8,15-20H2,1-3H3,(H,37,38,42). The first-order valence-corrected chi connectivity index (χ1v) is 15.8. The summed E-state index contributed by atoms with van der Waals surface area (Å²) in [5.41, 5.74) is 4.42. The van der Waals surface area contributed by atoms with Crippen LogP contribution in [-0.2, 0) is 17.6 Å². The number of aliphatic hydroxyl groups is 1. The van der Waals surface area contributed by atoms with Gasteiger partial charge in [-0.1, -0.05) is 74.0 Å². The molecule has 45 heavy (non-hydrogen) atoms. The fourth-order valence-corrected chi connectivity index (χ4v) is 6.24. The maximum absolute atomic E-state index is 14.3. The van der Waals surface area contributed by atoms with Gasteiger partial charge in [-0.05, 0) is 62.1 Å². The Labute approximate surface area is 260 Å². The molecule has 11 nitrogen and oxygen atoms in total. The molecule has 0 amide bonds. The van der Waals surface area contributed by atoms with Crippen molar-refractivity contribution in [2.45, 2.75) is 89.9 Å². The molecule has 236 valence electrons. The van der Waals surface area contributed by atoms with E-state index in [2.05, 4.69) is 27.1 Å². The van der Waals surface area contributed by atoms with E-state index in [9.17, 15) is 14.7 Å². The number of aryl methyl sites for hydroxylation is 1. The van der Waals surface area contributed by atoms with Crippen molar-refractivity contribution in [3.8, 4) is 22.5 Å². The molecule has 0 saturated heterocycles. The van der Waals surface area contributed by atoms with E-state index in [1.165, 1.54) is 6.33 Å². The number of hydrogen-bond donors (Lipinski definition) is 2. The van der Waals surface area contributed by atoms with E-state index < -0.39 is 11.4 Å². The van der Waals surface area contributed by atoms with Crippen LogP contribution < -0.4 is 11.3 Å². The highest BCUT2D eigenvalue weighted by Crippen LogP contribution is 2.32. The van der Waals surface area contributed by atoms with Crippen molar-refractivity contribution in [1.82, 2.24) is 29.3 Å². The Bertz CT molecular complexity index is 1880. The zero-order chi connectivity index (χ0) is 31.6. The Kier molecular flexibility index (Phi) is 8.82. The lowest BCUT2D eigenvalue weighted by Gasteiger charge is -2.32. The Morgan fingerprint density at radius 3 is 2.44 bits per heavy atom. The van der Waals surface area contributed by atoms with Gasteiger partial charge in [-0.3, -0.25) is 18.9 Å². The predicted molar refractivity (Wildman–Crippen MR) is 170 cm³/mol. The van der Waals surface area contributed by atoms with Crippen molar-refractivity contribution in [1.29, 1.82) is 0 Å². The summed E-state index contributed by atoms with van der Waals surface area (Å²) in [5, 5.41) is 18.8. The fraction of sp³-hybridized carbons (Fsp3) is 0.441. The predicted octanol–water partition coefficient (Wildman–Crippen LogP) is 5.11. The van der Waals surface area contributed by atoms with E-state index >= 15 is 0 Å². The molecule has 1 atom stereocenters. The van der Waals surface area contributed by atoms with Crippen LogP contribution in [0.4, 0.5) is 0 Å². The quantitative estimate of drug-likeness (QED) is 0.210. The molecule has 3 aromatic heterocycles. The molecule has 5 aromatic rings. The summed E-state index contributed by atoms with van der Waals surface area (Å²) >= 11 is 0. The minimum atomic E-state index is -0.829. The van der Waals surface area contributed by atoms with Crippen LogP contribution in [0.15, 0.2) is 69.0 Å². The molecule has 1 unspecified atom stereocenters. The molecule has 1 saturated carbocycles. The van der Waals surface area contributed by atoms with E-state index in [1.807, 2.05) is 64.5 Å². The lowest BCUT2D eigenvalue weighted by atomic mass is 9.92. The number of H-pyrrole nitrogens is 1. The molecule has 0 bridgehead atoms. The van der Waals surface area contributed by atoms with E-state index in [0.29, 0.717) is 37.5 Å². The Morgan fingerprint density at radius 1 is 1.04 bits per heavy atom. The maximum atomic E-state index is 14.3. The van der Waals surface area contributed by atoms with Crippen LogP contribution in [0.3, 0.4) is 0 Å². The lowest BCUT2D eigenvalue weighted by Crippen LogP contribution is -2.36. The molecule has 1 fully saturated rings. The van der Waals surface area contributed by atoms with Crippen molar-refractivity contribution >= 4 is 5.78 Å². The molecule has 1 aliphatic carbocycles. The zero-order valence-corrected chi connectivity index (χ0v) is 26.0. The minimum absolute atomic E-state index is 0.00740. The highest BCUT2D eigenvalue weighted by molar-refractivity contribution is 5.80. The molecule has 11 heteroatoms. The van der Waals surface area contributed by atoms with Crippen LogP contribution in [-0.4, -0.2) is 52.7 Å². The number of aromatic nitrogens is 6. The molecule has 0 aliphatic heterocycles. The average molecular weight is 613 g/mol. The summed E-state index contributed by atoms with van der Waals surface area (Å²) in [6.07, 6.45) is 7.49. The Balaban J connectivity index is 1.29. The molecule has 2 N–H and O–H groups in total. The molecular weight excluding hydrogens is 572 g/mol. The van der Waals surface area contributed by atoms with E-state index in [0.717, 1.165) is 65.6 Å². The van der Waals surface area contributed by atoms with Crippen molar-refractivity contribution in [3.63, 3.8) is 0 Å². The van der Waals surface area contributed by atoms with Crippen molar-refractivity contribution < 1.29 is 14.4 Å². The highest BCUT2D eigenvalue weighted by Gasteiger charge is 2.29. The zero-order valence-electron chi connectivity index (χ0n) is 26.0. The van der Waals surface area contributed by atoms with Crippen molar-refractivity contribution in [2.75, 3.05) is 6.61 Å². The smallest absolute Gasteiger partial charge is 0.388 e. The number of nitrogens with one attached hydrogen (secondary N) is 1. The summed E-state index contributed by atoms with van der Waals surface area (Å²) in [5.74, 6) is 0.359. The number of hydrogen-bond acceptors (Lipinski definition) is 8. The Morgan fingerprint density at radius 2 is 1.78 bits per heavy atom. The first-order valence-electron chi connectivity index (χ1n) is 15.8. The van der Waals surface area contributed by atoms with Crippen LogP contribution >= 0.6 is 0 Å². The molecule has 6 rings (SSSR count). The van der Waals surface area contributed by atoms with Gasteiger partial charge >= 0.3 is 5.76 Å². The van der Waals surface area contributed by atoms with E-state index in [1.54, 1.807) is 6.92 Å². The number of rotatable bonds is 11. The summed E-state index contributed by atoms with van der Waals surface area (Å²) in [7, 11) is 0. The van der Waals surface area contributed by atoms with Crippen LogP contribution in [0.2, 0.25) is 0 Å². The minimum Gasteiger partial charge on any atom is -0.388 e. The summed E-state index contributed by atoms with van der Waals surface area (Å²) in [6.45, 7) is 6.17. The second-order valence-corrected chi connectivity index (χ2v) is 12.3. The molecule has 1 aliphatic rings. The van der Waals surface area contributed by atoms with Crippen LogP contribution in [0.25, 0.3) is 28.3 Å². The van der Waals surface area contributed by atoms with Gasteiger partial charge in [0.05, 0.1) is 24.0 Å². The van der Waals surface area contributed by atoms with Gasteiger partial charge in [-0.2, -0.15) is 10.1 Å². The summed E-state index contributed by atoms with van der Waals surface area (Å²) < 4.78 is 14.5. The summed E-state index contributed by atoms with van der Waals surface area (Å²) in [6, 6.07) is 15.8. The third-order valence-electron chi connectivity index (χ3n) is 8.98. The third-order valence-corrected chi connectivity index (χ3v) is 8.98. The number of benzene rings is 2. The number of fused-ring (bicyclic) bond motifs is 1. The highest BCUT2D eigenvalue weighted by atomic mass is 16.5. The normalized spacial score (nSPS) is 18.3. The van der Waals surface area contributed by atoms with Crippen molar-refractivity contribution in [2.24, 2.45) is 0 Å². The van der Waals surface area contributed by atoms with E-state index in [4.69, 9.17) is 9.26 Å².